The van der Waals surface area contributed by atoms with Gasteiger partial charge in [0.2, 0.25) is 10.0 Å². The van der Waals surface area contributed by atoms with E-state index in [4.69, 9.17) is 0 Å². The fourth-order valence-corrected chi connectivity index (χ4v) is 4.90. The van der Waals surface area contributed by atoms with E-state index >= 15 is 0 Å². The van der Waals surface area contributed by atoms with Gasteiger partial charge in [0.05, 0.1) is 6.26 Å². The average Bonchev–Trinajstić information content (AvgIpc) is 3.10. The summed E-state index contributed by atoms with van der Waals surface area (Å²) in [5.41, 5.74) is 2.32. The highest BCUT2D eigenvalue weighted by atomic mass is 32.2. The molecule has 1 unspecified atom stereocenters. The minimum atomic E-state index is -3.07. The van der Waals surface area contributed by atoms with Gasteiger partial charge in [0.15, 0.2) is 0 Å². The van der Waals surface area contributed by atoms with Gasteiger partial charge < -0.3 is 10.2 Å². The summed E-state index contributed by atoms with van der Waals surface area (Å²) in [6.07, 6.45) is 4.09. The predicted molar refractivity (Wildman–Crippen MR) is 102 cm³/mol. The first-order valence-corrected chi connectivity index (χ1v) is 11.2. The number of likely N-dealkylation sites (tertiary alicyclic amines) is 1. The third kappa shape index (κ3) is 4.76. The number of benzene rings is 1. The molecule has 0 aromatic heterocycles. The number of rotatable bonds is 4. The molecule has 1 aromatic rings. The molecule has 2 heterocycles. The van der Waals surface area contributed by atoms with E-state index in [9.17, 15) is 13.2 Å². The van der Waals surface area contributed by atoms with Crippen molar-refractivity contribution >= 4 is 16.1 Å². The summed E-state index contributed by atoms with van der Waals surface area (Å²) in [7, 11) is -3.07. The smallest absolute Gasteiger partial charge is 0.317 e. The lowest BCUT2D eigenvalue weighted by Crippen LogP contribution is -2.41. The van der Waals surface area contributed by atoms with Crippen LogP contribution in [0.15, 0.2) is 24.3 Å². The van der Waals surface area contributed by atoms with Crippen LogP contribution in [0.4, 0.5) is 4.79 Å². The van der Waals surface area contributed by atoms with Crippen LogP contribution in [0.5, 0.6) is 0 Å². The molecule has 1 N–H and O–H groups in total. The van der Waals surface area contributed by atoms with Gasteiger partial charge in [-0.15, -0.1) is 0 Å². The Labute approximate surface area is 156 Å². The summed E-state index contributed by atoms with van der Waals surface area (Å²) in [6, 6.07) is 8.18. The van der Waals surface area contributed by atoms with Crippen molar-refractivity contribution in [2.45, 2.75) is 32.7 Å². The van der Waals surface area contributed by atoms with Crippen molar-refractivity contribution in [3.05, 3.63) is 35.4 Å². The number of piperidine rings is 1. The zero-order valence-corrected chi connectivity index (χ0v) is 16.5. The van der Waals surface area contributed by atoms with Gasteiger partial charge in [-0.05, 0) is 43.6 Å². The van der Waals surface area contributed by atoms with Crippen molar-refractivity contribution < 1.29 is 13.2 Å². The number of carbonyl (C=O) groups is 1. The van der Waals surface area contributed by atoms with Crippen molar-refractivity contribution in [3.63, 3.8) is 0 Å². The quantitative estimate of drug-likeness (QED) is 0.872. The number of hydrogen-bond acceptors (Lipinski definition) is 3. The topological polar surface area (TPSA) is 69.7 Å². The third-order valence-electron chi connectivity index (χ3n) is 5.71. The van der Waals surface area contributed by atoms with Crippen molar-refractivity contribution in [2.75, 3.05) is 32.4 Å². The maximum atomic E-state index is 12.4. The third-order valence-corrected chi connectivity index (χ3v) is 7.01. The van der Waals surface area contributed by atoms with Crippen molar-refractivity contribution in [3.8, 4) is 0 Å². The largest absolute Gasteiger partial charge is 0.334 e. The van der Waals surface area contributed by atoms with Crippen LogP contribution in [0.25, 0.3) is 0 Å². The molecule has 26 heavy (non-hydrogen) atoms. The number of sulfonamides is 1. The standard InChI is InChI=1S/C19H29N3O3S/c1-15-3-5-16(6-4-15)13-20-19(23)21-10-7-18(14-21)17-8-11-22(12-9-17)26(2,24)25/h3-6,17-18H,7-14H2,1-2H3,(H,20,23). The van der Waals surface area contributed by atoms with Gasteiger partial charge >= 0.3 is 6.03 Å². The fraction of sp³-hybridized carbons (Fsp3) is 0.632. The zero-order chi connectivity index (χ0) is 18.7. The monoisotopic (exact) mass is 379 g/mol. The second-order valence-corrected chi connectivity index (χ2v) is 9.62. The van der Waals surface area contributed by atoms with E-state index in [1.807, 2.05) is 24.0 Å². The molecule has 0 spiro atoms. The Balaban J connectivity index is 1.45. The zero-order valence-electron chi connectivity index (χ0n) is 15.6. The summed E-state index contributed by atoms with van der Waals surface area (Å²) in [5, 5.41) is 3.01. The second kappa shape index (κ2) is 7.96. The Morgan fingerprint density at radius 3 is 2.31 bits per heavy atom. The molecule has 2 fully saturated rings. The van der Waals surface area contributed by atoms with Crippen LogP contribution in [0.2, 0.25) is 0 Å². The predicted octanol–water partition coefficient (Wildman–Crippen LogP) is 2.20. The molecule has 2 amide bonds. The molecular weight excluding hydrogens is 350 g/mol. The van der Waals surface area contributed by atoms with Gasteiger partial charge in [-0.25, -0.2) is 17.5 Å². The van der Waals surface area contributed by atoms with Crippen LogP contribution < -0.4 is 5.32 Å². The van der Waals surface area contributed by atoms with Gasteiger partial charge in [0.1, 0.15) is 0 Å². The fourth-order valence-electron chi connectivity index (χ4n) is 4.03. The van der Waals surface area contributed by atoms with E-state index in [0.717, 1.165) is 37.9 Å². The SMILES string of the molecule is Cc1ccc(CNC(=O)N2CCC(C3CCN(S(C)(=O)=O)CC3)C2)cc1. The number of aryl methyl sites for hydroxylation is 1. The van der Waals surface area contributed by atoms with E-state index in [2.05, 4.69) is 17.4 Å². The number of hydrogen-bond donors (Lipinski definition) is 1. The van der Waals surface area contributed by atoms with Crippen molar-refractivity contribution in [1.82, 2.24) is 14.5 Å². The molecule has 1 atom stereocenters. The summed E-state index contributed by atoms with van der Waals surface area (Å²) >= 11 is 0. The van der Waals surface area contributed by atoms with Crippen LogP contribution in [0, 0.1) is 18.8 Å². The van der Waals surface area contributed by atoms with Crippen LogP contribution in [0.3, 0.4) is 0 Å². The highest BCUT2D eigenvalue weighted by molar-refractivity contribution is 7.88. The Morgan fingerprint density at radius 2 is 1.69 bits per heavy atom. The number of nitrogens with one attached hydrogen (secondary N) is 1. The summed E-state index contributed by atoms with van der Waals surface area (Å²) in [5.74, 6) is 1.00. The molecule has 2 aliphatic rings. The van der Waals surface area contributed by atoms with E-state index in [-0.39, 0.29) is 6.03 Å². The average molecular weight is 380 g/mol. The Kier molecular flexibility index (Phi) is 5.87. The molecule has 0 bridgehead atoms. The normalized spacial score (nSPS) is 22.5. The summed E-state index contributed by atoms with van der Waals surface area (Å²) < 4.78 is 24.8. The lowest BCUT2D eigenvalue weighted by Gasteiger charge is -2.33. The minimum absolute atomic E-state index is 0.00152. The first-order chi connectivity index (χ1) is 12.3. The highest BCUT2D eigenvalue weighted by Gasteiger charge is 2.35. The lowest BCUT2D eigenvalue weighted by atomic mass is 9.84. The first kappa shape index (κ1) is 19.2. The summed E-state index contributed by atoms with van der Waals surface area (Å²) in [4.78, 5) is 14.3. The van der Waals surface area contributed by atoms with Crippen molar-refractivity contribution in [2.24, 2.45) is 11.8 Å². The molecule has 144 valence electrons. The van der Waals surface area contributed by atoms with Gasteiger partial charge in [0.25, 0.3) is 0 Å². The van der Waals surface area contributed by atoms with E-state index in [1.54, 1.807) is 4.31 Å². The van der Waals surface area contributed by atoms with Crippen molar-refractivity contribution in [1.29, 1.82) is 0 Å². The molecule has 1 aromatic carbocycles. The minimum Gasteiger partial charge on any atom is -0.334 e. The van der Waals surface area contributed by atoms with E-state index < -0.39 is 10.0 Å². The van der Waals surface area contributed by atoms with Crippen LogP contribution in [-0.2, 0) is 16.6 Å². The van der Waals surface area contributed by atoms with E-state index in [0.29, 0.717) is 31.5 Å². The molecule has 2 saturated heterocycles. The molecular formula is C19H29N3O3S. The second-order valence-electron chi connectivity index (χ2n) is 7.64. The van der Waals surface area contributed by atoms with Crippen LogP contribution >= 0.6 is 0 Å². The number of carbonyl (C=O) groups excluding carboxylic acids is 1. The molecule has 3 rings (SSSR count). The highest BCUT2D eigenvalue weighted by Crippen LogP contribution is 2.32. The Bertz CT molecular complexity index is 725. The number of urea groups is 1. The summed E-state index contributed by atoms with van der Waals surface area (Å²) in [6.45, 7) is 5.39. The van der Waals surface area contributed by atoms with Gasteiger partial charge in [-0.1, -0.05) is 29.8 Å². The Morgan fingerprint density at radius 1 is 1.08 bits per heavy atom. The molecule has 7 heteroatoms. The first-order valence-electron chi connectivity index (χ1n) is 9.36. The molecule has 0 aliphatic carbocycles. The van der Waals surface area contributed by atoms with E-state index in [1.165, 1.54) is 11.8 Å². The van der Waals surface area contributed by atoms with Crippen LogP contribution in [0.1, 0.15) is 30.4 Å². The molecule has 2 aliphatic heterocycles. The van der Waals surface area contributed by atoms with Gasteiger partial charge in [0, 0.05) is 32.7 Å². The van der Waals surface area contributed by atoms with Crippen LogP contribution in [-0.4, -0.2) is 56.1 Å². The molecule has 6 nitrogen and oxygen atoms in total. The Hall–Kier alpha value is -1.60. The van der Waals surface area contributed by atoms with Gasteiger partial charge in [-0.3, -0.25) is 0 Å². The number of nitrogens with zero attached hydrogens (tertiary/aromatic N) is 2. The van der Waals surface area contributed by atoms with Gasteiger partial charge in [-0.2, -0.15) is 0 Å². The molecule has 0 radical (unpaired) electrons. The number of amides is 2. The molecule has 0 saturated carbocycles. The lowest BCUT2D eigenvalue weighted by molar-refractivity contribution is 0.191. The maximum Gasteiger partial charge on any atom is 0.317 e. The maximum absolute atomic E-state index is 12.4.